The fourth-order valence-electron chi connectivity index (χ4n) is 1.52. The maximum Gasteiger partial charge on any atom is 0.435 e. The smallest absolute Gasteiger partial charge is 0.435 e. The average Bonchev–Trinajstić information content (AvgIpc) is 2.72. The molecule has 2 rings (SSSR count). The molecule has 0 atom stereocenters. The molecule has 5 nitrogen and oxygen atoms in total. The summed E-state index contributed by atoms with van der Waals surface area (Å²) in [5.41, 5.74) is 1.81. The summed E-state index contributed by atoms with van der Waals surface area (Å²) < 4.78 is 4.47. The van der Waals surface area contributed by atoms with Gasteiger partial charge in [0.05, 0.1) is 18.6 Å². The number of anilines is 1. The number of hydrogen-bond donors (Lipinski definition) is 0. The van der Waals surface area contributed by atoms with E-state index in [1.165, 1.54) is 23.8 Å². The maximum absolute atomic E-state index is 11.8. The van der Waals surface area contributed by atoms with Crippen molar-refractivity contribution in [2.45, 2.75) is 6.92 Å². The van der Waals surface area contributed by atoms with Gasteiger partial charge < -0.3 is 4.74 Å². The van der Waals surface area contributed by atoms with Gasteiger partial charge in [0, 0.05) is 0 Å². The zero-order valence-electron chi connectivity index (χ0n) is 10.0. The lowest BCUT2D eigenvalue weighted by atomic mass is 10.2. The van der Waals surface area contributed by atoms with Crippen molar-refractivity contribution in [3.05, 3.63) is 29.8 Å². The monoisotopic (exact) mass is 264 g/mol. The van der Waals surface area contributed by atoms with Gasteiger partial charge in [-0.25, -0.2) is 4.79 Å². The number of aryl methyl sites for hydroxylation is 1. The number of methoxy groups -OCH3 is 1. The van der Waals surface area contributed by atoms with Crippen LogP contribution in [-0.2, 0) is 9.53 Å². The Kier molecular flexibility index (Phi) is 3.66. The molecule has 1 aliphatic heterocycles. The lowest BCUT2D eigenvalue weighted by molar-refractivity contribution is -0.115. The predicted molar refractivity (Wildman–Crippen MR) is 71.0 cm³/mol. The van der Waals surface area contributed by atoms with Crippen LogP contribution >= 0.6 is 11.8 Å². The van der Waals surface area contributed by atoms with Gasteiger partial charge >= 0.3 is 6.09 Å². The third kappa shape index (κ3) is 2.53. The number of nitrogens with zero attached hydrogens (tertiary/aromatic N) is 2. The molecule has 0 saturated carbocycles. The Morgan fingerprint density at radius 1 is 1.39 bits per heavy atom. The summed E-state index contributed by atoms with van der Waals surface area (Å²) in [5, 5.41) is 0.357. The lowest BCUT2D eigenvalue weighted by Crippen LogP contribution is -2.29. The molecule has 0 spiro atoms. The fraction of sp³-hybridized carbons (Fsp3) is 0.250. The van der Waals surface area contributed by atoms with Crippen LogP contribution in [0.4, 0.5) is 10.5 Å². The number of amidine groups is 1. The van der Waals surface area contributed by atoms with E-state index in [-0.39, 0.29) is 11.7 Å². The van der Waals surface area contributed by atoms with Crippen molar-refractivity contribution < 1.29 is 14.3 Å². The van der Waals surface area contributed by atoms with Gasteiger partial charge in [0.25, 0.3) is 0 Å². The number of benzene rings is 1. The first kappa shape index (κ1) is 12.6. The van der Waals surface area contributed by atoms with Crippen LogP contribution in [0.15, 0.2) is 29.3 Å². The van der Waals surface area contributed by atoms with E-state index in [0.717, 1.165) is 5.56 Å². The van der Waals surface area contributed by atoms with Crippen molar-refractivity contribution in [1.29, 1.82) is 0 Å². The number of rotatable bonds is 1. The quantitative estimate of drug-likeness (QED) is 0.780. The first-order chi connectivity index (χ1) is 8.61. The number of thioether (sulfide) groups is 1. The molecule has 1 saturated heterocycles. The van der Waals surface area contributed by atoms with Gasteiger partial charge in [-0.3, -0.25) is 9.69 Å². The number of carbonyl (C=O) groups excluding carboxylic acids is 2. The van der Waals surface area contributed by atoms with Gasteiger partial charge in [-0.05, 0) is 19.1 Å². The Bertz CT molecular complexity index is 511. The first-order valence-electron chi connectivity index (χ1n) is 5.31. The predicted octanol–water partition coefficient (Wildman–Crippen LogP) is 2.20. The highest BCUT2D eigenvalue weighted by Gasteiger charge is 2.30. The zero-order chi connectivity index (χ0) is 13.1. The van der Waals surface area contributed by atoms with Crippen LogP contribution in [-0.4, -0.2) is 30.0 Å². The number of ether oxygens (including phenoxy) is 1. The summed E-state index contributed by atoms with van der Waals surface area (Å²) in [5.74, 6) is 0.190. The molecule has 0 unspecified atom stereocenters. The molecule has 0 aliphatic carbocycles. The molecule has 94 valence electrons. The van der Waals surface area contributed by atoms with E-state index in [1.807, 2.05) is 31.2 Å². The van der Waals surface area contributed by atoms with Gasteiger partial charge in [0.2, 0.25) is 5.91 Å². The third-order valence-electron chi connectivity index (χ3n) is 2.42. The van der Waals surface area contributed by atoms with Crippen molar-refractivity contribution in [3.8, 4) is 0 Å². The summed E-state index contributed by atoms with van der Waals surface area (Å²) in [6.07, 6.45) is -0.704. The third-order valence-corrected chi connectivity index (χ3v) is 3.34. The molecule has 1 heterocycles. The van der Waals surface area contributed by atoms with Crippen LogP contribution in [0, 0.1) is 6.92 Å². The highest BCUT2D eigenvalue weighted by Crippen LogP contribution is 2.26. The van der Waals surface area contributed by atoms with Crippen LogP contribution in [0.25, 0.3) is 0 Å². The van der Waals surface area contributed by atoms with Crippen molar-refractivity contribution in [2.75, 3.05) is 17.8 Å². The summed E-state index contributed by atoms with van der Waals surface area (Å²) in [7, 11) is 1.25. The second-order valence-corrected chi connectivity index (χ2v) is 4.66. The van der Waals surface area contributed by atoms with Gasteiger partial charge in [0.15, 0.2) is 5.17 Å². The summed E-state index contributed by atoms with van der Waals surface area (Å²) >= 11 is 1.23. The van der Waals surface area contributed by atoms with Crippen LogP contribution in [0.2, 0.25) is 0 Å². The molecule has 1 aliphatic rings. The van der Waals surface area contributed by atoms with Crippen molar-refractivity contribution >= 4 is 34.6 Å². The normalized spacial score (nSPS) is 17.3. The minimum absolute atomic E-state index is 0.0912. The number of hydrogen-bond acceptors (Lipinski definition) is 4. The molecule has 0 radical (unpaired) electrons. The topological polar surface area (TPSA) is 59.0 Å². The Morgan fingerprint density at radius 2 is 2.06 bits per heavy atom. The number of amides is 2. The van der Waals surface area contributed by atoms with E-state index in [0.29, 0.717) is 10.9 Å². The summed E-state index contributed by atoms with van der Waals surface area (Å²) in [6, 6.07) is 7.46. The molecule has 1 fully saturated rings. The van der Waals surface area contributed by atoms with E-state index < -0.39 is 6.09 Å². The molecular formula is C12H12N2O3S. The van der Waals surface area contributed by atoms with E-state index in [2.05, 4.69) is 9.73 Å². The minimum atomic E-state index is -0.704. The van der Waals surface area contributed by atoms with Gasteiger partial charge in [-0.1, -0.05) is 29.5 Å². The second kappa shape index (κ2) is 5.22. The minimum Gasteiger partial charge on any atom is -0.451 e. The van der Waals surface area contributed by atoms with E-state index in [4.69, 9.17) is 0 Å². The van der Waals surface area contributed by atoms with Crippen LogP contribution in [0.5, 0.6) is 0 Å². The van der Waals surface area contributed by atoms with E-state index in [9.17, 15) is 9.59 Å². The van der Waals surface area contributed by atoms with E-state index >= 15 is 0 Å². The molecule has 1 aromatic carbocycles. The summed E-state index contributed by atoms with van der Waals surface area (Å²) in [4.78, 5) is 28.1. The summed E-state index contributed by atoms with van der Waals surface area (Å²) in [6.45, 7) is 1.97. The largest absolute Gasteiger partial charge is 0.451 e. The molecule has 0 bridgehead atoms. The number of aliphatic imine (C=N–C) groups is 1. The van der Waals surface area contributed by atoms with Crippen LogP contribution in [0.1, 0.15) is 5.56 Å². The van der Waals surface area contributed by atoms with Crippen molar-refractivity contribution in [2.24, 2.45) is 4.99 Å². The van der Waals surface area contributed by atoms with Gasteiger partial charge in [-0.2, -0.15) is 4.99 Å². The van der Waals surface area contributed by atoms with Crippen LogP contribution in [0.3, 0.4) is 0 Å². The van der Waals surface area contributed by atoms with Gasteiger partial charge in [0.1, 0.15) is 0 Å². The zero-order valence-corrected chi connectivity index (χ0v) is 10.9. The molecule has 0 aromatic heterocycles. The SMILES string of the molecule is COC(=O)N=C1SCC(=O)N1c1ccc(C)cc1. The molecule has 0 N–H and O–H groups in total. The van der Waals surface area contributed by atoms with Crippen LogP contribution < -0.4 is 4.90 Å². The highest BCUT2D eigenvalue weighted by molar-refractivity contribution is 8.15. The number of carbonyl (C=O) groups is 2. The second-order valence-electron chi connectivity index (χ2n) is 3.72. The first-order valence-corrected chi connectivity index (χ1v) is 6.29. The molecule has 6 heteroatoms. The molecule has 18 heavy (non-hydrogen) atoms. The van der Waals surface area contributed by atoms with Crippen molar-refractivity contribution in [1.82, 2.24) is 0 Å². The van der Waals surface area contributed by atoms with Gasteiger partial charge in [-0.15, -0.1) is 0 Å². The Labute approximate surface area is 109 Å². The Morgan fingerprint density at radius 3 is 2.67 bits per heavy atom. The molecular weight excluding hydrogens is 252 g/mol. The molecule has 1 aromatic rings. The maximum atomic E-state index is 11.8. The lowest BCUT2D eigenvalue weighted by Gasteiger charge is -2.15. The van der Waals surface area contributed by atoms with E-state index in [1.54, 1.807) is 0 Å². The Balaban J connectivity index is 2.33. The molecule has 2 amide bonds. The fourth-order valence-corrected chi connectivity index (χ4v) is 2.37. The standard InChI is InChI=1S/C12H12N2O3S/c1-8-3-5-9(6-4-8)14-10(15)7-18-11(14)13-12(16)17-2/h3-6H,7H2,1-2H3. The van der Waals surface area contributed by atoms with Crippen molar-refractivity contribution in [3.63, 3.8) is 0 Å². The Hall–Kier alpha value is -1.82. The average molecular weight is 264 g/mol. The highest BCUT2D eigenvalue weighted by atomic mass is 32.2.